The van der Waals surface area contributed by atoms with Gasteiger partial charge in [0.15, 0.2) is 11.5 Å². The number of aliphatic carboxylic acids is 1. The highest BCUT2D eigenvalue weighted by Gasteiger charge is 2.25. The van der Waals surface area contributed by atoms with Crippen LogP contribution in [0.1, 0.15) is 43.7 Å². The summed E-state index contributed by atoms with van der Waals surface area (Å²) in [5, 5.41) is 9.28. The Morgan fingerprint density at radius 3 is 2.76 bits per heavy atom. The first-order valence-electron chi connectivity index (χ1n) is 7.02. The van der Waals surface area contributed by atoms with Gasteiger partial charge in [-0.1, -0.05) is 11.6 Å². The average molecular weight is 314 g/mol. The van der Waals surface area contributed by atoms with Gasteiger partial charge in [0.1, 0.15) is 0 Å². The third-order valence-electron chi connectivity index (χ3n) is 3.67. The van der Waals surface area contributed by atoms with Gasteiger partial charge < -0.3 is 20.3 Å². The Bertz CT molecular complexity index is 517. The van der Waals surface area contributed by atoms with Gasteiger partial charge in [-0.2, -0.15) is 0 Å². The van der Waals surface area contributed by atoms with Crippen LogP contribution in [0, 0.1) is 0 Å². The summed E-state index contributed by atoms with van der Waals surface area (Å²) in [6.45, 7) is 0. The lowest BCUT2D eigenvalue weighted by Gasteiger charge is -2.29. The van der Waals surface area contributed by atoms with E-state index in [1.54, 1.807) is 19.2 Å². The molecule has 1 unspecified atom stereocenters. The second-order valence-electron chi connectivity index (χ2n) is 5.24. The number of ether oxygens (including phenoxy) is 2. The molecule has 1 aromatic rings. The van der Waals surface area contributed by atoms with Gasteiger partial charge in [0.25, 0.3) is 0 Å². The molecule has 2 rings (SSSR count). The molecule has 0 saturated heterocycles. The van der Waals surface area contributed by atoms with E-state index in [0.717, 1.165) is 19.3 Å². The highest BCUT2D eigenvalue weighted by atomic mass is 35.5. The maximum absolute atomic E-state index is 10.7. The summed E-state index contributed by atoms with van der Waals surface area (Å²) >= 11 is 6.08. The fourth-order valence-corrected chi connectivity index (χ4v) is 2.45. The molecular weight excluding hydrogens is 294 g/mol. The maximum Gasteiger partial charge on any atom is 0.303 e. The number of carbonyl (C=O) groups is 1. The van der Waals surface area contributed by atoms with Gasteiger partial charge in [-0.05, 0) is 31.7 Å². The van der Waals surface area contributed by atoms with Crippen LogP contribution >= 0.6 is 11.6 Å². The summed E-state index contributed by atoms with van der Waals surface area (Å²) in [5.74, 6) is 0.251. The highest BCUT2D eigenvalue weighted by Crippen LogP contribution is 2.40. The van der Waals surface area contributed by atoms with Crippen LogP contribution in [0.3, 0.4) is 0 Å². The van der Waals surface area contributed by atoms with Gasteiger partial charge in [-0.25, -0.2) is 0 Å². The van der Waals surface area contributed by atoms with Crippen molar-refractivity contribution in [2.75, 3.05) is 7.11 Å². The molecular formula is C15H20ClNO4. The Morgan fingerprint density at radius 1 is 1.52 bits per heavy atom. The zero-order valence-electron chi connectivity index (χ0n) is 12.0. The molecule has 0 aliphatic heterocycles. The quantitative estimate of drug-likeness (QED) is 0.808. The van der Waals surface area contributed by atoms with E-state index in [-0.39, 0.29) is 12.5 Å². The number of carboxylic acid groups (broad SMARTS) is 1. The SMILES string of the molecule is COc1cc(Cl)cc(C(N)CCC(=O)O)c1OC1CCC1. The summed E-state index contributed by atoms with van der Waals surface area (Å²) in [6.07, 6.45) is 3.66. The predicted molar refractivity (Wildman–Crippen MR) is 80.1 cm³/mol. The lowest BCUT2D eigenvalue weighted by Crippen LogP contribution is -2.26. The number of hydrogen-bond donors (Lipinski definition) is 2. The van der Waals surface area contributed by atoms with Crippen LogP contribution in [-0.4, -0.2) is 24.3 Å². The van der Waals surface area contributed by atoms with Crippen molar-refractivity contribution in [2.24, 2.45) is 5.73 Å². The Balaban J connectivity index is 2.26. The average Bonchev–Trinajstić information content (AvgIpc) is 2.40. The van der Waals surface area contributed by atoms with Gasteiger partial charge in [0.2, 0.25) is 0 Å². The number of hydrogen-bond acceptors (Lipinski definition) is 4. The van der Waals surface area contributed by atoms with E-state index in [1.165, 1.54) is 0 Å². The van der Waals surface area contributed by atoms with Crippen molar-refractivity contribution in [3.05, 3.63) is 22.7 Å². The fraction of sp³-hybridized carbons (Fsp3) is 0.533. The number of methoxy groups -OCH3 is 1. The van der Waals surface area contributed by atoms with Crippen LogP contribution in [0.5, 0.6) is 11.5 Å². The molecule has 0 bridgehead atoms. The van der Waals surface area contributed by atoms with Gasteiger partial charge in [0.05, 0.1) is 13.2 Å². The molecule has 1 saturated carbocycles. The van der Waals surface area contributed by atoms with Gasteiger partial charge in [-0.3, -0.25) is 4.79 Å². The summed E-state index contributed by atoms with van der Waals surface area (Å²) in [7, 11) is 1.55. The Hall–Kier alpha value is -1.46. The largest absolute Gasteiger partial charge is 0.493 e. The second-order valence-corrected chi connectivity index (χ2v) is 5.67. The van der Waals surface area contributed by atoms with E-state index in [4.69, 9.17) is 31.9 Å². The summed E-state index contributed by atoms with van der Waals surface area (Å²) in [6, 6.07) is 2.96. The first kappa shape index (κ1) is 15.9. The van der Waals surface area contributed by atoms with Crippen LogP contribution in [0.2, 0.25) is 5.02 Å². The van der Waals surface area contributed by atoms with Crippen molar-refractivity contribution in [1.82, 2.24) is 0 Å². The molecule has 1 atom stereocenters. The van der Waals surface area contributed by atoms with Crippen molar-refractivity contribution in [3.8, 4) is 11.5 Å². The molecule has 5 nitrogen and oxygen atoms in total. The Kier molecular flexibility index (Phi) is 5.31. The Morgan fingerprint density at radius 2 is 2.24 bits per heavy atom. The number of halogens is 1. The zero-order valence-corrected chi connectivity index (χ0v) is 12.7. The number of benzene rings is 1. The molecule has 21 heavy (non-hydrogen) atoms. The summed E-state index contributed by atoms with van der Waals surface area (Å²) < 4.78 is 11.3. The molecule has 3 N–H and O–H groups in total. The molecule has 1 fully saturated rings. The van der Waals surface area contributed by atoms with Gasteiger partial charge >= 0.3 is 5.97 Å². The molecule has 0 amide bonds. The van der Waals surface area contributed by atoms with Crippen molar-refractivity contribution >= 4 is 17.6 Å². The van der Waals surface area contributed by atoms with Crippen LogP contribution in [0.15, 0.2) is 12.1 Å². The lowest BCUT2D eigenvalue weighted by atomic mass is 9.95. The molecule has 6 heteroatoms. The maximum atomic E-state index is 10.7. The minimum absolute atomic E-state index is 0.00113. The molecule has 116 valence electrons. The van der Waals surface area contributed by atoms with Crippen LogP contribution in [0.4, 0.5) is 0 Å². The molecule has 0 aromatic heterocycles. The fourth-order valence-electron chi connectivity index (χ4n) is 2.23. The highest BCUT2D eigenvalue weighted by molar-refractivity contribution is 6.30. The van der Waals surface area contributed by atoms with Crippen LogP contribution in [-0.2, 0) is 4.79 Å². The number of rotatable bonds is 7. The standard InChI is InChI=1S/C15H20ClNO4/c1-20-13-8-9(16)7-11(12(17)5-6-14(18)19)15(13)21-10-3-2-4-10/h7-8,10,12H,2-6,17H2,1H3,(H,18,19). The lowest BCUT2D eigenvalue weighted by molar-refractivity contribution is -0.137. The smallest absolute Gasteiger partial charge is 0.303 e. The normalized spacial score (nSPS) is 16.1. The van der Waals surface area contributed by atoms with Crippen LogP contribution < -0.4 is 15.2 Å². The van der Waals surface area contributed by atoms with Crippen molar-refractivity contribution in [3.63, 3.8) is 0 Å². The molecule has 0 spiro atoms. The Labute approximate surface area is 129 Å². The summed E-state index contributed by atoms with van der Waals surface area (Å²) in [4.78, 5) is 10.7. The van der Waals surface area contributed by atoms with Gasteiger partial charge in [0, 0.05) is 29.1 Å². The monoisotopic (exact) mass is 313 g/mol. The van der Waals surface area contributed by atoms with E-state index in [1.807, 2.05) is 0 Å². The third kappa shape index (κ3) is 4.02. The molecule has 1 aromatic carbocycles. The van der Waals surface area contributed by atoms with E-state index in [0.29, 0.717) is 28.5 Å². The molecule has 1 aliphatic rings. The van der Waals surface area contributed by atoms with E-state index < -0.39 is 12.0 Å². The van der Waals surface area contributed by atoms with Crippen molar-refractivity contribution < 1.29 is 19.4 Å². The zero-order chi connectivity index (χ0) is 15.4. The number of nitrogens with two attached hydrogens (primary N) is 1. The summed E-state index contributed by atoms with van der Waals surface area (Å²) in [5.41, 5.74) is 6.82. The van der Waals surface area contributed by atoms with E-state index in [9.17, 15) is 4.79 Å². The van der Waals surface area contributed by atoms with Gasteiger partial charge in [-0.15, -0.1) is 0 Å². The predicted octanol–water partition coefficient (Wildman–Crippen LogP) is 3.14. The minimum atomic E-state index is -0.874. The van der Waals surface area contributed by atoms with Crippen LogP contribution in [0.25, 0.3) is 0 Å². The molecule has 0 radical (unpaired) electrons. The molecule has 0 heterocycles. The first-order valence-corrected chi connectivity index (χ1v) is 7.40. The minimum Gasteiger partial charge on any atom is -0.493 e. The van der Waals surface area contributed by atoms with Crippen molar-refractivity contribution in [1.29, 1.82) is 0 Å². The number of carboxylic acids is 1. The topological polar surface area (TPSA) is 81.8 Å². The third-order valence-corrected chi connectivity index (χ3v) is 3.89. The second kappa shape index (κ2) is 7.00. The first-order chi connectivity index (χ1) is 10.0. The van der Waals surface area contributed by atoms with E-state index >= 15 is 0 Å². The molecule has 1 aliphatic carbocycles. The van der Waals surface area contributed by atoms with Crippen molar-refractivity contribution in [2.45, 2.75) is 44.2 Å². The van der Waals surface area contributed by atoms with E-state index in [2.05, 4.69) is 0 Å².